The molecule has 1 atom stereocenters. The standard InChI is InChI=1S/C9H14O2/c1-4-6-7-8(3)11-9(10)5-2/h5-8H,2,4H2,1,3H3. The minimum absolute atomic E-state index is 0.152. The number of carbonyl (C=O) groups excluding carboxylic acids is 1. The summed E-state index contributed by atoms with van der Waals surface area (Å²) >= 11 is 0. The van der Waals surface area contributed by atoms with Crippen molar-refractivity contribution in [3.05, 3.63) is 24.8 Å². The van der Waals surface area contributed by atoms with Crippen molar-refractivity contribution in [1.29, 1.82) is 0 Å². The first kappa shape index (κ1) is 9.95. The number of allylic oxidation sites excluding steroid dienone is 1. The van der Waals surface area contributed by atoms with Gasteiger partial charge in [-0.1, -0.05) is 19.6 Å². The zero-order valence-corrected chi connectivity index (χ0v) is 7.04. The van der Waals surface area contributed by atoms with Crippen molar-refractivity contribution >= 4 is 5.97 Å². The lowest BCUT2D eigenvalue weighted by atomic mass is 10.3. The van der Waals surface area contributed by atoms with Crippen LogP contribution in [0.25, 0.3) is 0 Å². The molecule has 0 spiro atoms. The van der Waals surface area contributed by atoms with Gasteiger partial charge in [-0.3, -0.25) is 0 Å². The number of carbonyl (C=O) groups is 1. The molecule has 0 fully saturated rings. The topological polar surface area (TPSA) is 26.3 Å². The lowest BCUT2D eigenvalue weighted by molar-refractivity contribution is -0.140. The summed E-state index contributed by atoms with van der Waals surface area (Å²) in [4.78, 5) is 10.6. The van der Waals surface area contributed by atoms with E-state index in [1.807, 2.05) is 26.0 Å². The molecule has 0 saturated carbocycles. The van der Waals surface area contributed by atoms with Gasteiger partial charge in [0.05, 0.1) is 0 Å². The Hall–Kier alpha value is -1.05. The largest absolute Gasteiger partial charge is 0.455 e. The molecule has 2 nitrogen and oxygen atoms in total. The van der Waals surface area contributed by atoms with Crippen molar-refractivity contribution in [3.63, 3.8) is 0 Å². The second-order valence-electron chi connectivity index (χ2n) is 2.18. The first-order chi connectivity index (χ1) is 5.20. The van der Waals surface area contributed by atoms with Gasteiger partial charge in [-0.15, -0.1) is 0 Å². The fraction of sp³-hybridized carbons (Fsp3) is 0.444. The van der Waals surface area contributed by atoms with Crippen LogP contribution in [0.2, 0.25) is 0 Å². The summed E-state index contributed by atoms with van der Waals surface area (Å²) in [6, 6.07) is 0. The second kappa shape index (κ2) is 5.71. The molecule has 62 valence electrons. The first-order valence-corrected chi connectivity index (χ1v) is 3.70. The Labute approximate surface area is 67.6 Å². The van der Waals surface area contributed by atoms with Crippen molar-refractivity contribution in [3.8, 4) is 0 Å². The number of ether oxygens (including phenoxy) is 1. The van der Waals surface area contributed by atoms with Gasteiger partial charge in [0.15, 0.2) is 0 Å². The third kappa shape index (κ3) is 5.40. The van der Waals surface area contributed by atoms with Gasteiger partial charge in [0.25, 0.3) is 0 Å². The normalized spacial score (nSPS) is 12.9. The minimum Gasteiger partial charge on any atom is -0.455 e. The summed E-state index contributed by atoms with van der Waals surface area (Å²) < 4.78 is 4.86. The average Bonchev–Trinajstić information content (AvgIpc) is 2.00. The molecule has 0 aromatic heterocycles. The Morgan fingerprint density at radius 1 is 1.73 bits per heavy atom. The molecule has 0 aliphatic heterocycles. The van der Waals surface area contributed by atoms with E-state index in [0.717, 1.165) is 12.5 Å². The first-order valence-electron chi connectivity index (χ1n) is 3.70. The number of hydrogen-bond donors (Lipinski definition) is 0. The van der Waals surface area contributed by atoms with Gasteiger partial charge in [-0.2, -0.15) is 0 Å². The maximum Gasteiger partial charge on any atom is 0.330 e. The summed E-state index contributed by atoms with van der Waals surface area (Å²) in [6.45, 7) is 7.13. The van der Waals surface area contributed by atoms with Gasteiger partial charge < -0.3 is 4.74 Å². The summed E-state index contributed by atoms with van der Waals surface area (Å²) in [6.07, 6.45) is 5.77. The van der Waals surface area contributed by atoms with E-state index in [2.05, 4.69) is 6.58 Å². The molecule has 0 aromatic rings. The molecule has 0 aliphatic carbocycles. The summed E-state index contributed by atoms with van der Waals surface area (Å²) in [7, 11) is 0. The Balaban J connectivity index is 3.68. The van der Waals surface area contributed by atoms with E-state index in [0.29, 0.717) is 0 Å². The predicted molar refractivity (Wildman–Crippen MR) is 45.2 cm³/mol. The van der Waals surface area contributed by atoms with Crippen LogP contribution in [0.3, 0.4) is 0 Å². The molecule has 0 aromatic carbocycles. The maximum absolute atomic E-state index is 10.6. The molecule has 0 saturated heterocycles. The Morgan fingerprint density at radius 3 is 2.82 bits per heavy atom. The van der Waals surface area contributed by atoms with Crippen molar-refractivity contribution in [2.24, 2.45) is 0 Å². The van der Waals surface area contributed by atoms with Gasteiger partial charge in [0.1, 0.15) is 6.10 Å². The number of rotatable bonds is 4. The molecule has 0 heterocycles. The lowest BCUT2D eigenvalue weighted by Crippen LogP contribution is -2.09. The monoisotopic (exact) mass is 154 g/mol. The van der Waals surface area contributed by atoms with E-state index < -0.39 is 0 Å². The molecule has 0 amide bonds. The summed E-state index contributed by atoms with van der Waals surface area (Å²) in [5.74, 6) is -0.377. The third-order valence-electron chi connectivity index (χ3n) is 1.11. The molecular weight excluding hydrogens is 140 g/mol. The van der Waals surface area contributed by atoms with Crippen LogP contribution in [-0.2, 0) is 9.53 Å². The van der Waals surface area contributed by atoms with Crippen molar-refractivity contribution in [2.45, 2.75) is 26.4 Å². The average molecular weight is 154 g/mol. The quantitative estimate of drug-likeness (QED) is 0.352. The highest BCUT2D eigenvalue weighted by Gasteiger charge is 1.99. The molecule has 0 N–H and O–H groups in total. The van der Waals surface area contributed by atoms with E-state index in [1.54, 1.807) is 0 Å². The van der Waals surface area contributed by atoms with E-state index in [9.17, 15) is 4.79 Å². The summed E-state index contributed by atoms with van der Waals surface area (Å²) in [5, 5.41) is 0. The van der Waals surface area contributed by atoms with Gasteiger partial charge in [0, 0.05) is 6.08 Å². The second-order valence-corrected chi connectivity index (χ2v) is 2.18. The molecule has 1 unspecified atom stereocenters. The fourth-order valence-electron chi connectivity index (χ4n) is 0.598. The number of esters is 1. The van der Waals surface area contributed by atoms with E-state index in [1.165, 1.54) is 0 Å². The smallest absolute Gasteiger partial charge is 0.330 e. The van der Waals surface area contributed by atoms with Crippen LogP contribution in [0, 0.1) is 0 Å². The Bertz CT molecular complexity index is 159. The Morgan fingerprint density at radius 2 is 2.36 bits per heavy atom. The zero-order valence-electron chi connectivity index (χ0n) is 7.04. The van der Waals surface area contributed by atoms with Crippen molar-refractivity contribution < 1.29 is 9.53 Å². The molecular formula is C9H14O2. The summed E-state index contributed by atoms with van der Waals surface area (Å²) in [5.41, 5.74) is 0. The van der Waals surface area contributed by atoms with Crippen LogP contribution >= 0.6 is 0 Å². The maximum atomic E-state index is 10.6. The number of hydrogen-bond acceptors (Lipinski definition) is 2. The van der Waals surface area contributed by atoms with Crippen LogP contribution in [0.4, 0.5) is 0 Å². The molecule has 0 radical (unpaired) electrons. The molecule has 2 heteroatoms. The van der Waals surface area contributed by atoms with Crippen LogP contribution in [-0.4, -0.2) is 12.1 Å². The minimum atomic E-state index is -0.377. The van der Waals surface area contributed by atoms with Crippen LogP contribution in [0.1, 0.15) is 20.3 Å². The van der Waals surface area contributed by atoms with Crippen molar-refractivity contribution in [2.75, 3.05) is 0 Å². The van der Waals surface area contributed by atoms with Crippen molar-refractivity contribution in [1.82, 2.24) is 0 Å². The predicted octanol–water partition coefficient (Wildman–Crippen LogP) is 2.07. The molecule has 11 heavy (non-hydrogen) atoms. The molecule has 0 bridgehead atoms. The fourth-order valence-corrected chi connectivity index (χ4v) is 0.598. The van der Waals surface area contributed by atoms with Crippen LogP contribution < -0.4 is 0 Å². The van der Waals surface area contributed by atoms with Gasteiger partial charge >= 0.3 is 5.97 Å². The lowest BCUT2D eigenvalue weighted by Gasteiger charge is -2.05. The van der Waals surface area contributed by atoms with Gasteiger partial charge in [-0.05, 0) is 19.4 Å². The highest BCUT2D eigenvalue weighted by atomic mass is 16.5. The molecule has 0 rings (SSSR count). The van der Waals surface area contributed by atoms with Crippen LogP contribution in [0.5, 0.6) is 0 Å². The highest BCUT2D eigenvalue weighted by Crippen LogP contribution is 1.95. The van der Waals surface area contributed by atoms with E-state index in [-0.39, 0.29) is 12.1 Å². The van der Waals surface area contributed by atoms with E-state index >= 15 is 0 Å². The van der Waals surface area contributed by atoms with E-state index in [4.69, 9.17) is 4.74 Å². The highest BCUT2D eigenvalue weighted by molar-refractivity contribution is 5.81. The van der Waals surface area contributed by atoms with Gasteiger partial charge in [0.2, 0.25) is 0 Å². The Kier molecular flexibility index (Phi) is 5.17. The van der Waals surface area contributed by atoms with Gasteiger partial charge in [-0.25, -0.2) is 4.79 Å². The SMILES string of the molecule is C=CC(=O)OC(C)C=CCC. The van der Waals surface area contributed by atoms with Crippen LogP contribution in [0.15, 0.2) is 24.8 Å². The zero-order chi connectivity index (χ0) is 8.69. The third-order valence-corrected chi connectivity index (χ3v) is 1.11. The molecule has 0 aliphatic rings.